The number of hydrogen-bond donors (Lipinski definition) is 1. The summed E-state index contributed by atoms with van der Waals surface area (Å²) in [7, 11) is -3.66. The Morgan fingerprint density at radius 2 is 1.80 bits per heavy atom. The topological polar surface area (TPSA) is 89.2 Å². The normalized spacial score (nSPS) is 11.5. The van der Waals surface area contributed by atoms with Crippen LogP contribution < -0.4 is 4.72 Å². The quantitative estimate of drug-likeness (QED) is 0.610. The molecule has 8 heteroatoms. The molecule has 4 aromatic rings. The summed E-state index contributed by atoms with van der Waals surface area (Å²) in [6.45, 7) is 0. The number of nitrogens with zero attached hydrogens (tertiary/aromatic N) is 4. The van der Waals surface area contributed by atoms with Gasteiger partial charge in [-0.2, -0.15) is 0 Å². The van der Waals surface area contributed by atoms with Crippen LogP contribution in [-0.2, 0) is 10.0 Å². The number of imidazole rings is 1. The second-order valence-corrected chi connectivity index (χ2v) is 7.04. The maximum Gasteiger partial charge on any atom is 0.261 e. The van der Waals surface area contributed by atoms with E-state index in [2.05, 4.69) is 19.7 Å². The van der Waals surface area contributed by atoms with E-state index in [0.717, 1.165) is 11.1 Å². The molecule has 0 aliphatic heterocycles. The second kappa shape index (κ2) is 5.99. The minimum atomic E-state index is -3.66. The predicted molar refractivity (Wildman–Crippen MR) is 93.5 cm³/mol. The maximum absolute atomic E-state index is 12.4. The Balaban J connectivity index is 1.67. The molecule has 25 heavy (non-hydrogen) atoms. The number of pyridine rings is 1. The van der Waals surface area contributed by atoms with Gasteiger partial charge in [0.1, 0.15) is 0 Å². The number of anilines is 1. The average Bonchev–Trinajstić information content (AvgIpc) is 3.10. The van der Waals surface area contributed by atoms with Gasteiger partial charge in [0.25, 0.3) is 10.0 Å². The number of nitrogens with one attached hydrogen (secondary N) is 1. The average molecular weight is 351 g/mol. The highest BCUT2D eigenvalue weighted by atomic mass is 32.2. The van der Waals surface area contributed by atoms with Crippen molar-refractivity contribution in [3.8, 4) is 11.1 Å². The van der Waals surface area contributed by atoms with E-state index in [1.54, 1.807) is 53.5 Å². The van der Waals surface area contributed by atoms with Gasteiger partial charge in [0.2, 0.25) is 5.78 Å². The van der Waals surface area contributed by atoms with Crippen molar-refractivity contribution < 1.29 is 8.42 Å². The zero-order valence-corrected chi connectivity index (χ0v) is 13.8. The third-order valence-corrected chi connectivity index (χ3v) is 5.02. The van der Waals surface area contributed by atoms with Crippen molar-refractivity contribution in [2.24, 2.45) is 0 Å². The van der Waals surface area contributed by atoms with Crippen LogP contribution in [0, 0.1) is 0 Å². The molecule has 0 aliphatic rings. The van der Waals surface area contributed by atoms with Crippen LogP contribution in [0.15, 0.2) is 78.5 Å². The monoisotopic (exact) mass is 351 g/mol. The lowest BCUT2D eigenvalue weighted by atomic mass is 10.1. The van der Waals surface area contributed by atoms with E-state index in [1.165, 1.54) is 18.3 Å². The molecule has 3 heterocycles. The molecular formula is C17H13N5O2S. The zero-order chi connectivity index (χ0) is 17.3. The fourth-order valence-electron chi connectivity index (χ4n) is 2.43. The summed E-state index contributed by atoms with van der Waals surface area (Å²) in [5.74, 6) is 0.595. The number of sulfonamides is 1. The first-order valence-electron chi connectivity index (χ1n) is 7.44. The van der Waals surface area contributed by atoms with Crippen LogP contribution in [-0.4, -0.2) is 27.8 Å². The summed E-state index contributed by atoms with van der Waals surface area (Å²) in [4.78, 5) is 12.7. The minimum absolute atomic E-state index is 0.196. The van der Waals surface area contributed by atoms with Gasteiger partial charge in [-0.1, -0.05) is 18.2 Å². The van der Waals surface area contributed by atoms with E-state index in [0.29, 0.717) is 11.5 Å². The van der Waals surface area contributed by atoms with Crippen molar-refractivity contribution in [2.45, 2.75) is 4.90 Å². The predicted octanol–water partition coefficient (Wildman–Crippen LogP) is 2.59. The molecule has 1 aromatic carbocycles. The summed E-state index contributed by atoms with van der Waals surface area (Å²) in [6.07, 6.45) is 10.1. The molecule has 0 atom stereocenters. The van der Waals surface area contributed by atoms with E-state index >= 15 is 0 Å². The smallest absolute Gasteiger partial charge is 0.261 e. The van der Waals surface area contributed by atoms with Crippen LogP contribution in [0.3, 0.4) is 0 Å². The number of fused-ring (bicyclic) bond motifs is 1. The first-order chi connectivity index (χ1) is 12.1. The van der Waals surface area contributed by atoms with Gasteiger partial charge in [0.05, 0.1) is 16.8 Å². The molecule has 0 spiro atoms. The molecule has 0 unspecified atom stereocenters. The van der Waals surface area contributed by atoms with Crippen LogP contribution in [0.25, 0.3) is 16.9 Å². The molecule has 7 nitrogen and oxygen atoms in total. The minimum Gasteiger partial charge on any atom is -0.291 e. The maximum atomic E-state index is 12.4. The van der Waals surface area contributed by atoms with E-state index < -0.39 is 10.0 Å². The van der Waals surface area contributed by atoms with Crippen molar-refractivity contribution in [1.82, 2.24) is 19.4 Å². The van der Waals surface area contributed by atoms with Gasteiger partial charge in [0.15, 0.2) is 0 Å². The molecule has 0 saturated heterocycles. The van der Waals surface area contributed by atoms with Crippen molar-refractivity contribution in [2.75, 3.05) is 4.72 Å². The fraction of sp³-hybridized carbons (Fsp3) is 0. The van der Waals surface area contributed by atoms with Crippen LogP contribution >= 0.6 is 0 Å². The van der Waals surface area contributed by atoms with Gasteiger partial charge in [-0.3, -0.25) is 14.1 Å². The van der Waals surface area contributed by atoms with Gasteiger partial charge >= 0.3 is 0 Å². The Hall–Kier alpha value is -3.26. The van der Waals surface area contributed by atoms with E-state index in [1.807, 2.05) is 6.20 Å². The Kier molecular flexibility index (Phi) is 3.66. The van der Waals surface area contributed by atoms with Gasteiger partial charge < -0.3 is 0 Å². The Morgan fingerprint density at radius 1 is 0.960 bits per heavy atom. The van der Waals surface area contributed by atoms with E-state index in [9.17, 15) is 8.42 Å². The molecule has 1 N–H and O–H groups in total. The standard InChI is InChI=1S/C17H13N5O2S/c23-25(24,16-4-2-1-3-5-16)21-15-8-13(9-18-11-15)14-10-20-17-19-6-7-22(17)12-14/h1-12,21H. The summed E-state index contributed by atoms with van der Waals surface area (Å²) < 4.78 is 29.2. The lowest BCUT2D eigenvalue weighted by Gasteiger charge is -2.09. The van der Waals surface area contributed by atoms with Crippen LogP contribution in [0.1, 0.15) is 0 Å². The number of aromatic nitrogens is 4. The SMILES string of the molecule is O=S(=O)(Nc1cncc(-c2cnc3nccn3c2)c1)c1ccccc1. The molecule has 0 fully saturated rings. The zero-order valence-electron chi connectivity index (χ0n) is 12.9. The molecule has 4 rings (SSSR count). The highest BCUT2D eigenvalue weighted by Crippen LogP contribution is 2.22. The fourth-order valence-corrected chi connectivity index (χ4v) is 3.49. The summed E-state index contributed by atoms with van der Waals surface area (Å²) in [5, 5.41) is 0. The van der Waals surface area contributed by atoms with E-state index in [-0.39, 0.29) is 4.90 Å². The Labute approximate surface area is 144 Å². The highest BCUT2D eigenvalue weighted by molar-refractivity contribution is 7.92. The molecule has 124 valence electrons. The van der Waals surface area contributed by atoms with Crippen molar-refractivity contribution >= 4 is 21.5 Å². The first kappa shape index (κ1) is 15.3. The number of hydrogen-bond acceptors (Lipinski definition) is 5. The third kappa shape index (κ3) is 3.07. The van der Waals surface area contributed by atoms with Gasteiger partial charge in [-0.25, -0.2) is 18.4 Å². The molecular weight excluding hydrogens is 338 g/mol. The summed E-state index contributed by atoms with van der Waals surface area (Å²) >= 11 is 0. The number of benzene rings is 1. The lowest BCUT2D eigenvalue weighted by Crippen LogP contribution is -2.13. The summed E-state index contributed by atoms with van der Waals surface area (Å²) in [6, 6.07) is 9.91. The van der Waals surface area contributed by atoms with Gasteiger partial charge in [0, 0.05) is 42.1 Å². The largest absolute Gasteiger partial charge is 0.291 e. The van der Waals surface area contributed by atoms with Gasteiger partial charge in [-0.15, -0.1) is 0 Å². The van der Waals surface area contributed by atoms with Crippen LogP contribution in [0.5, 0.6) is 0 Å². The molecule has 0 saturated carbocycles. The molecule has 0 aliphatic carbocycles. The summed E-state index contributed by atoms with van der Waals surface area (Å²) in [5.41, 5.74) is 1.93. The molecule has 3 aromatic heterocycles. The number of rotatable bonds is 4. The van der Waals surface area contributed by atoms with Crippen LogP contribution in [0.4, 0.5) is 5.69 Å². The third-order valence-electron chi connectivity index (χ3n) is 3.62. The van der Waals surface area contributed by atoms with Crippen LogP contribution in [0.2, 0.25) is 0 Å². The van der Waals surface area contributed by atoms with Gasteiger partial charge in [-0.05, 0) is 18.2 Å². The van der Waals surface area contributed by atoms with Crippen molar-refractivity contribution in [3.63, 3.8) is 0 Å². The second-order valence-electron chi connectivity index (χ2n) is 5.36. The van der Waals surface area contributed by atoms with Crippen molar-refractivity contribution in [1.29, 1.82) is 0 Å². The first-order valence-corrected chi connectivity index (χ1v) is 8.92. The highest BCUT2D eigenvalue weighted by Gasteiger charge is 2.14. The molecule has 0 amide bonds. The Bertz CT molecular complexity index is 1140. The Morgan fingerprint density at radius 3 is 2.64 bits per heavy atom. The molecule has 0 bridgehead atoms. The lowest BCUT2D eigenvalue weighted by molar-refractivity contribution is 0.601. The van der Waals surface area contributed by atoms with E-state index in [4.69, 9.17) is 0 Å². The molecule has 0 radical (unpaired) electrons. The van der Waals surface area contributed by atoms with Crippen molar-refractivity contribution in [3.05, 3.63) is 73.6 Å².